The molecule has 0 spiro atoms. The third-order valence-corrected chi connectivity index (χ3v) is 3.47. The van der Waals surface area contributed by atoms with Crippen LogP contribution in [0.4, 0.5) is 0 Å². The second kappa shape index (κ2) is 5.42. The third kappa shape index (κ3) is 2.42. The van der Waals surface area contributed by atoms with Gasteiger partial charge in [-0.05, 0) is 36.3 Å². The molecule has 6 heteroatoms. The predicted octanol–water partition coefficient (Wildman–Crippen LogP) is 2.74. The van der Waals surface area contributed by atoms with Crippen LogP contribution < -0.4 is 4.74 Å². The van der Waals surface area contributed by atoms with Gasteiger partial charge in [0.05, 0.1) is 12.6 Å². The normalized spacial score (nSPS) is 10.8. The standard InChI is InChI=1S/C14H14N4OS/c1-19-12-5-4-11-13(17-12)18(14(20)16-11)8-6-10-3-2-7-15-9-10/h2-5,7,9H,6,8H2,1H3,(H,16,20). The van der Waals surface area contributed by atoms with Gasteiger partial charge in [-0.1, -0.05) is 6.07 Å². The van der Waals surface area contributed by atoms with Gasteiger partial charge in [0.1, 0.15) is 0 Å². The maximum Gasteiger partial charge on any atom is 0.215 e. The van der Waals surface area contributed by atoms with Crippen LogP contribution in [0, 0.1) is 4.77 Å². The molecule has 0 saturated heterocycles. The quantitative estimate of drug-likeness (QED) is 0.749. The fourth-order valence-corrected chi connectivity index (χ4v) is 2.41. The number of ether oxygens (including phenoxy) is 1. The first-order valence-corrected chi connectivity index (χ1v) is 6.71. The number of nitrogens with one attached hydrogen (secondary N) is 1. The van der Waals surface area contributed by atoms with Crippen molar-refractivity contribution in [2.24, 2.45) is 0 Å². The number of rotatable bonds is 4. The number of imidazole rings is 1. The van der Waals surface area contributed by atoms with E-state index in [0.717, 1.165) is 24.1 Å². The van der Waals surface area contributed by atoms with Crippen molar-refractivity contribution in [2.75, 3.05) is 7.11 Å². The Morgan fingerprint density at radius 3 is 3.00 bits per heavy atom. The zero-order valence-electron chi connectivity index (χ0n) is 11.0. The summed E-state index contributed by atoms with van der Waals surface area (Å²) in [5.41, 5.74) is 2.91. The molecule has 3 rings (SSSR count). The summed E-state index contributed by atoms with van der Waals surface area (Å²) in [6.07, 6.45) is 4.49. The van der Waals surface area contributed by atoms with Crippen LogP contribution in [0.1, 0.15) is 5.56 Å². The number of aromatic nitrogens is 4. The lowest BCUT2D eigenvalue weighted by Crippen LogP contribution is -2.03. The SMILES string of the molecule is COc1ccc2[nH]c(=S)n(CCc3cccnc3)c2n1. The zero-order chi connectivity index (χ0) is 13.9. The molecule has 0 unspecified atom stereocenters. The van der Waals surface area contributed by atoms with Crippen LogP contribution in [0.15, 0.2) is 36.7 Å². The molecule has 0 aliphatic heterocycles. The minimum absolute atomic E-state index is 0.585. The summed E-state index contributed by atoms with van der Waals surface area (Å²) in [5.74, 6) is 0.585. The summed E-state index contributed by atoms with van der Waals surface area (Å²) in [4.78, 5) is 11.7. The summed E-state index contributed by atoms with van der Waals surface area (Å²) in [7, 11) is 1.61. The summed E-state index contributed by atoms with van der Waals surface area (Å²) in [5, 5.41) is 0. The van der Waals surface area contributed by atoms with E-state index < -0.39 is 0 Å². The highest BCUT2D eigenvalue weighted by Crippen LogP contribution is 2.16. The van der Waals surface area contributed by atoms with Crippen LogP contribution in [0.2, 0.25) is 0 Å². The monoisotopic (exact) mass is 286 g/mol. The van der Waals surface area contributed by atoms with Gasteiger partial charge in [-0.15, -0.1) is 0 Å². The maximum absolute atomic E-state index is 5.36. The molecule has 3 aromatic heterocycles. The smallest absolute Gasteiger partial charge is 0.215 e. The number of pyridine rings is 2. The number of fused-ring (bicyclic) bond motifs is 1. The van der Waals surface area contributed by atoms with Crippen LogP contribution >= 0.6 is 12.2 Å². The number of aromatic amines is 1. The van der Waals surface area contributed by atoms with Crippen LogP contribution in [0.3, 0.4) is 0 Å². The fourth-order valence-electron chi connectivity index (χ4n) is 2.12. The van der Waals surface area contributed by atoms with Crippen LogP contribution in [0.25, 0.3) is 11.2 Å². The van der Waals surface area contributed by atoms with Gasteiger partial charge in [-0.25, -0.2) is 0 Å². The lowest BCUT2D eigenvalue weighted by molar-refractivity contribution is 0.399. The molecule has 1 N–H and O–H groups in total. The molecular weight excluding hydrogens is 272 g/mol. The molecule has 0 amide bonds. The van der Waals surface area contributed by atoms with E-state index in [0.29, 0.717) is 10.7 Å². The van der Waals surface area contributed by atoms with Crippen molar-refractivity contribution in [3.05, 3.63) is 47.0 Å². The number of methoxy groups -OCH3 is 1. The highest BCUT2D eigenvalue weighted by atomic mass is 32.1. The Morgan fingerprint density at radius 2 is 2.25 bits per heavy atom. The number of hydrogen-bond donors (Lipinski definition) is 1. The Kier molecular flexibility index (Phi) is 3.47. The Hall–Kier alpha value is -2.21. The summed E-state index contributed by atoms with van der Waals surface area (Å²) in [6.45, 7) is 0.755. The molecule has 102 valence electrons. The van der Waals surface area contributed by atoms with Crippen molar-refractivity contribution >= 4 is 23.4 Å². The van der Waals surface area contributed by atoms with E-state index in [1.807, 2.05) is 29.0 Å². The fraction of sp³-hybridized carbons (Fsp3) is 0.214. The van der Waals surface area contributed by atoms with Gasteiger partial charge in [0, 0.05) is 25.0 Å². The van der Waals surface area contributed by atoms with Crippen molar-refractivity contribution < 1.29 is 4.74 Å². The topological polar surface area (TPSA) is 55.7 Å². The largest absolute Gasteiger partial charge is 0.481 e. The van der Waals surface area contributed by atoms with Crippen LogP contribution in [-0.2, 0) is 13.0 Å². The Balaban J connectivity index is 1.94. The summed E-state index contributed by atoms with van der Waals surface area (Å²) in [6, 6.07) is 7.74. The third-order valence-electron chi connectivity index (χ3n) is 3.15. The van der Waals surface area contributed by atoms with Crippen molar-refractivity contribution in [3.8, 4) is 5.88 Å². The first-order chi connectivity index (χ1) is 9.78. The first-order valence-electron chi connectivity index (χ1n) is 6.30. The molecule has 5 nitrogen and oxygen atoms in total. The van der Waals surface area contributed by atoms with Crippen molar-refractivity contribution in [3.63, 3.8) is 0 Å². The highest BCUT2D eigenvalue weighted by Gasteiger charge is 2.07. The molecule has 0 aliphatic rings. The van der Waals surface area contributed by atoms with Crippen molar-refractivity contribution in [2.45, 2.75) is 13.0 Å². The number of H-pyrrole nitrogens is 1. The Morgan fingerprint density at radius 1 is 1.35 bits per heavy atom. The lowest BCUT2D eigenvalue weighted by Gasteiger charge is -2.05. The molecule has 0 atom stereocenters. The van der Waals surface area contributed by atoms with E-state index in [2.05, 4.69) is 21.0 Å². The molecule has 0 bridgehead atoms. The minimum atomic E-state index is 0.585. The van der Waals surface area contributed by atoms with Gasteiger partial charge in [-0.3, -0.25) is 4.98 Å². The van der Waals surface area contributed by atoms with Crippen molar-refractivity contribution in [1.29, 1.82) is 0 Å². The van der Waals surface area contributed by atoms with Gasteiger partial charge >= 0.3 is 0 Å². The van der Waals surface area contributed by atoms with E-state index >= 15 is 0 Å². The highest BCUT2D eigenvalue weighted by molar-refractivity contribution is 7.71. The summed E-state index contributed by atoms with van der Waals surface area (Å²) >= 11 is 5.36. The number of aryl methyl sites for hydroxylation is 2. The first kappa shape index (κ1) is 12.8. The van der Waals surface area contributed by atoms with Gasteiger partial charge < -0.3 is 14.3 Å². The van der Waals surface area contributed by atoms with Crippen LogP contribution in [-0.4, -0.2) is 26.6 Å². The van der Waals surface area contributed by atoms with Crippen molar-refractivity contribution in [1.82, 2.24) is 19.5 Å². The van der Waals surface area contributed by atoms with E-state index in [-0.39, 0.29) is 0 Å². The molecule has 3 heterocycles. The summed E-state index contributed by atoms with van der Waals surface area (Å²) < 4.78 is 7.82. The van der Waals surface area contributed by atoms with Gasteiger partial charge in [0.15, 0.2) is 10.4 Å². The molecular formula is C14H14N4OS. The molecule has 0 fully saturated rings. The van der Waals surface area contributed by atoms with Gasteiger partial charge in [0.2, 0.25) is 5.88 Å². The zero-order valence-corrected chi connectivity index (χ0v) is 11.9. The molecule has 20 heavy (non-hydrogen) atoms. The molecule has 0 aliphatic carbocycles. The second-order valence-electron chi connectivity index (χ2n) is 4.42. The Labute approximate surface area is 121 Å². The van der Waals surface area contributed by atoms with Gasteiger partial charge in [0.25, 0.3) is 0 Å². The second-order valence-corrected chi connectivity index (χ2v) is 4.80. The average Bonchev–Trinajstić information content (AvgIpc) is 2.80. The van der Waals surface area contributed by atoms with Crippen LogP contribution in [0.5, 0.6) is 5.88 Å². The van der Waals surface area contributed by atoms with E-state index in [9.17, 15) is 0 Å². The minimum Gasteiger partial charge on any atom is -0.481 e. The molecule has 0 aromatic carbocycles. The Bertz CT molecular complexity index is 779. The van der Waals surface area contributed by atoms with E-state index in [1.165, 1.54) is 5.56 Å². The molecule has 3 aromatic rings. The molecule has 0 saturated carbocycles. The predicted molar refractivity (Wildman–Crippen MR) is 79.4 cm³/mol. The van der Waals surface area contributed by atoms with E-state index in [4.69, 9.17) is 17.0 Å². The lowest BCUT2D eigenvalue weighted by atomic mass is 10.2. The maximum atomic E-state index is 5.36. The van der Waals surface area contributed by atoms with Gasteiger partial charge in [-0.2, -0.15) is 4.98 Å². The average molecular weight is 286 g/mol. The number of nitrogens with zero attached hydrogens (tertiary/aromatic N) is 3. The molecule has 0 radical (unpaired) electrons. The van der Waals surface area contributed by atoms with E-state index in [1.54, 1.807) is 13.3 Å². The number of hydrogen-bond acceptors (Lipinski definition) is 4.